The van der Waals surface area contributed by atoms with E-state index in [1.807, 2.05) is 35.7 Å². The predicted octanol–water partition coefficient (Wildman–Crippen LogP) is 4.97. The first-order chi connectivity index (χ1) is 15.0. The van der Waals surface area contributed by atoms with E-state index in [-0.39, 0.29) is 4.90 Å². The molecule has 0 amide bonds. The van der Waals surface area contributed by atoms with Gasteiger partial charge in [0.2, 0.25) is 0 Å². The van der Waals surface area contributed by atoms with Gasteiger partial charge in [-0.25, -0.2) is 8.42 Å². The van der Waals surface area contributed by atoms with Gasteiger partial charge < -0.3 is 0 Å². The first kappa shape index (κ1) is 19.7. The molecule has 2 aromatic carbocycles. The minimum absolute atomic E-state index is 0.131. The van der Waals surface area contributed by atoms with Crippen LogP contribution in [0.5, 0.6) is 0 Å². The number of rotatable bonds is 5. The zero-order valence-corrected chi connectivity index (χ0v) is 18.2. The summed E-state index contributed by atoms with van der Waals surface area (Å²) in [5.41, 5.74) is 2.48. The second kappa shape index (κ2) is 7.77. The Hall–Kier alpha value is -3.27. The van der Waals surface area contributed by atoms with Gasteiger partial charge >= 0.3 is 0 Å². The van der Waals surface area contributed by atoms with Gasteiger partial charge in [0.05, 0.1) is 15.5 Å². The molecule has 0 spiro atoms. The molecule has 154 valence electrons. The molecule has 3 aromatic heterocycles. The summed E-state index contributed by atoms with van der Waals surface area (Å²) >= 11 is 7.41. The number of halogens is 1. The van der Waals surface area contributed by atoms with Crippen LogP contribution in [0.15, 0.2) is 83.1 Å². The van der Waals surface area contributed by atoms with Crippen molar-refractivity contribution in [2.24, 2.45) is 0 Å². The van der Waals surface area contributed by atoms with E-state index >= 15 is 0 Å². The number of fused-ring (bicyclic) bond motifs is 1. The Morgan fingerprint density at radius 3 is 2.55 bits per heavy atom. The summed E-state index contributed by atoms with van der Waals surface area (Å²) < 4.78 is 29.7. The molecule has 0 atom stereocenters. The molecule has 3 heterocycles. The zero-order valence-electron chi connectivity index (χ0n) is 15.8. The number of anilines is 1. The summed E-state index contributed by atoms with van der Waals surface area (Å²) in [4.78, 5) is 1.09. The monoisotopic (exact) mass is 467 g/mol. The second-order valence-electron chi connectivity index (χ2n) is 6.63. The van der Waals surface area contributed by atoms with Crippen molar-refractivity contribution >= 4 is 44.3 Å². The average molecular weight is 468 g/mol. The van der Waals surface area contributed by atoms with Gasteiger partial charge in [-0.15, -0.1) is 21.5 Å². The van der Waals surface area contributed by atoms with Crippen LogP contribution in [0.1, 0.15) is 0 Å². The maximum absolute atomic E-state index is 12.7. The van der Waals surface area contributed by atoms with E-state index in [4.69, 9.17) is 11.6 Å². The number of thiophene rings is 1. The van der Waals surface area contributed by atoms with Gasteiger partial charge in [0.15, 0.2) is 11.5 Å². The Balaban J connectivity index is 1.49. The van der Waals surface area contributed by atoms with Gasteiger partial charge in [0, 0.05) is 16.3 Å². The molecule has 0 aliphatic carbocycles. The third-order valence-electron chi connectivity index (χ3n) is 4.54. The van der Waals surface area contributed by atoms with Crippen LogP contribution in [0.2, 0.25) is 5.02 Å². The van der Waals surface area contributed by atoms with E-state index in [0.29, 0.717) is 27.9 Å². The van der Waals surface area contributed by atoms with Crippen molar-refractivity contribution in [3.63, 3.8) is 0 Å². The highest BCUT2D eigenvalue weighted by atomic mass is 35.5. The fraction of sp³-hybridized carbons (Fsp3) is 0. The maximum atomic E-state index is 12.7. The van der Waals surface area contributed by atoms with Crippen molar-refractivity contribution in [3.05, 3.63) is 83.2 Å². The Bertz CT molecular complexity index is 1480. The number of nitrogens with one attached hydrogen (secondary N) is 1. The van der Waals surface area contributed by atoms with Crippen LogP contribution in [0.3, 0.4) is 0 Å². The van der Waals surface area contributed by atoms with Crippen LogP contribution < -0.4 is 4.72 Å². The summed E-state index contributed by atoms with van der Waals surface area (Å²) in [6, 6.07) is 20.6. The van der Waals surface area contributed by atoms with Crippen molar-refractivity contribution in [2.75, 3.05) is 4.72 Å². The standard InChI is InChI=1S/C21H14ClN5O2S2/c22-15-6-8-17(9-7-15)31(28,29)26-16-4-1-3-14(13-16)18-10-11-20-23-24-21(27(20)25-18)19-5-2-12-30-19/h1-13,26H. The van der Waals surface area contributed by atoms with Crippen LogP contribution in [0.4, 0.5) is 5.69 Å². The lowest BCUT2D eigenvalue weighted by atomic mass is 10.1. The topological polar surface area (TPSA) is 89.2 Å². The van der Waals surface area contributed by atoms with Crippen molar-refractivity contribution in [3.8, 4) is 22.0 Å². The van der Waals surface area contributed by atoms with E-state index in [2.05, 4.69) is 20.0 Å². The second-order valence-corrected chi connectivity index (χ2v) is 9.70. The summed E-state index contributed by atoms with van der Waals surface area (Å²) in [6.07, 6.45) is 0. The van der Waals surface area contributed by atoms with Crippen LogP contribution in [0, 0.1) is 0 Å². The Morgan fingerprint density at radius 1 is 0.935 bits per heavy atom. The normalized spacial score (nSPS) is 11.6. The largest absolute Gasteiger partial charge is 0.280 e. The molecule has 1 N–H and O–H groups in total. The number of hydrogen-bond acceptors (Lipinski definition) is 6. The van der Waals surface area contributed by atoms with Crippen molar-refractivity contribution in [2.45, 2.75) is 4.90 Å². The highest BCUT2D eigenvalue weighted by Crippen LogP contribution is 2.26. The lowest BCUT2D eigenvalue weighted by Gasteiger charge is -2.10. The molecule has 0 aliphatic heterocycles. The van der Waals surface area contributed by atoms with E-state index in [1.165, 1.54) is 24.3 Å². The van der Waals surface area contributed by atoms with E-state index in [1.54, 1.807) is 34.1 Å². The molecule has 31 heavy (non-hydrogen) atoms. The third-order valence-corrected chi connectivity index (χ3v) is 7.05. The fourth-order valence-electron chi connectivity index (χ4n) is 3.07. The molecule has 0 aliphatic rings. The molecule has 5 rings (SSSR count). The molecule has 0 saturated carbocycles. The average Bonchev–Trinajstić information content (AvgIpc) is 3.43. The van der Waals surface area contributed by atoms with E-state index in [0.717, 1.165) is 10.4 Å². The number of hydrogen-bond donors (Lipinski definition) is 1. The molecular weight excluding hydrogens is 454 g/mol. The third kappa shape index (κ3) is 3.90. The van der Waals surface area contributed by atoms with E-state index in [9.17, 15) is 8.42 Å². The molecular formula is C21H14ClN5O2S2. The first-order valence-electron chi connectivity index (χ1n) is 9.15. The molecule has 0 fully saturated rings. The van der Waals surface area contributed by atoms with Crippen LogP contribution >= 0.6 is 22.9 Å². The lowest BCUT2D eigenvalue weighted by molar-refractivity contribution is 0.601. The smallest absolute Gasteiger partial charge is 0.261 e. The fourth-order valence-corrected chi connectivity index (χ4v) is 4.94. The minimum Gasteiger partial charge on any atom is -0.280 e. The van der Waals surface area contributed by atoms with Gasteiger partial charge in [-0.3, -0.25) is 4.72 Å². The summed E-state index contributed by atoms with van der Waals surface area (Å²) in [6.45, 7) is 0. The van der Waals surface area contributed by atoms with Crippen molar-refractivity contribution < 1.29 is 8.42 Å². The molecule has 5 aromatic rings. The summed E-state index contributed by atoms with van der Waals surface area (Å²) in [5.74, 6) is 0.659. The van der Waals surface area contributed by atoms with Gasteiger partial charge in [-0.05, 0) is 60.0 Å². The molecule has 7 nitrogen and oxygen atoms in total. The highest BCUT2D eigenvalue weighted by Gasteiger charge is 2.15. The predicted molar refractivity (Wildman–Crippen MR) is 122 cm³/mol. The van der Waals surface area contributed by atoms with Gasteiger partial charge in [0.1, 0.15) is 0 Å². The quantitative estimate of drug-likeness (QED) is 0.394. The van der Waals surface area contributed by atoms with Crippen LogP contribution in [-0.2, 0) is 10.0 Å². The maximum Gasteiger partial charge on any atom is 0.261 e. The van der Waals surface area contributed by atoms with Gasteiger partial charge in [-0.2, -0.15) is 9.61 Å². The Labute approximate surface area is 187 Å². The number of sulfonamides is 1. The lowest BCUT2D eigenvalue weighted by Crippen LogP contribution is -2.12. The van der Waals surface area contributed by atoms with Crippen LogP contribution in [0.25, 0.3) is 27.6 Å². The minimum atomic E-state index is -3.74. The van der Waals surface area contributed by atoms with Crippen molar-refractivity contribution in [1.82, 2.24) is 19.8 Å². The molecule has 0 bridgehead atoms. The molecule has 0 unspecified atom stereocenters. The highest BCUT2D eigenvalue weighted by molar-refractivity contribution is 7.92. The first-order valence-corrected chi connectivity index (χ1v) is 11.9. The number of nitrogens with zero attached hydrogens (tertiary/aromatic N) is 4. The van der Waals surface area contributed by atoms with E-state index < -0.39 is 10.0 Å². The summed E-state index contributed by atoms with van der Waals surface area (Å²) in [5, 5.41) is 15.5. The van der Waals surface area contributed by atoms with Gasteiger partial charge in [-0.1, -0.05) is 29.8 Å². The molecule has 0 radical (unpaired) electrons. The molecule has 0 saturated heterocycles. The van der Waals surface area contributed by atoms with Gasteiger partial charge in [0.25, 0.3) is 10.0 Å². The SMILES string of the molecule is O=S(=O)(Nc1cccc(-c2ccc3nnc(-c4cccs4)n3n2)c1)c1ccc(Cl)cc1. The number of benzene rings is 2. The van der Waals surface area contributed by atoms with Crippen molar-refractivity contribution in [1.29, 1.82) is 0 Å². The molecule has 10 heteroatoms. The summed E-state index contributed by atoms with van der Waals surface area (Å²) in [7, 11) is -3.74. The zero-order chi connectivity index (χ0) is 21.4. The van der Waals surface area contributed by atoms with Crippen LogP contribution in [-0.4, -0.2) is 28.2 Å². The Morgan fingerprint density at radius 2 is 1.77 bits per heavy atom. The number of aromatic nitrogens is 4. The Kier molecular flexibility index (Phi) is 4.93.